The van der Waals surface area contributed by atoms with Crippen molar-refractivity contribution in [3.05, 3.63) is 58.6 Å². The number of nitrogens with two attached hydrogens (primary N) is 1. The first-order valence-electron chi connectivity index (χ1n) is 5.42. The second-order valence-corrected chi connectivity index (χ2v) is 5.27. The van der Waals surface area contributed by atoms with E-state index in [0.29, 0.717) is 10.5 Å². The van der Waals surface area contributed by atoms with Gasteiger partial charge in [0.1, 0.15) is 11.6 Å². The van der Waals surface area contributed by atoms with Crippen LogP contribution in [0.1, 0.15) is 5.56 Å². The maximum atomic E-state index is 13.6. The molecule has 0 bridgehead atoms. The second-order valence-electron chi connectivity index (χ2n) is 3.78. The van der Waals surface area contributed by atoms with E-state index in [0.717, 1.165) is 23.9 Å². The highest BCUT2D eigenvalue weighted by Gasteiger charge is 2.14. The van der Waals surface area contributed by atoms with Gasteiger partial charge in [0, 0.05) is 15.9 Å². The van der Waals surface area contributed by atoms with Crippen molar-refractivity contribution in [3.63, 3.8) is 0 Å². The molecule has 0 amide bonds. The summed E-state index contributed by atoms with van der Waals surface area (Å²) in [6, 6.07) is 8.12. The van der Waals surface area contributed by atoms with Crippen molar-refractivity contribution in [2.24, 2.45) is 10.9 Å². The van der Waals surface area contributed by atoms with E-state index in [1.165, 1.54) is 6.07 Å². The zero-order valence-electron chi connectivity index (χ0n) is 9.98. The molecule has 0 radical (unpaired) electrons. The quantitative estimate of drug-likeness (QED) is 0.391. The Kier molecular flexibility index (Phi) is 4.46. The molecule has 2 aromatic carbocycles. The summed E-state index contributed by atoms with van der Waals surface area (Å²) in [5.41, 5.74) is 5.86. The van der Waals surface area contributed by atoms with Gasteiger partial charge in [0.25, 0.3) is 0 Å². The van der Waals surface area contributed by atoms with Crippen LogP contribution in [0, 0.1) is 11.6 Å². The third-order valence-corrected chi connectivity index (χ3v) is 3.88. The average Bonchev–Trinajstić information content (AvgIpc) is 2.41. The summed E-state index contributed by atoms with van der Waals surface area (Å²) in [7, 11) is 0. The molecule has 3 nitrogen and oxygen atoms in total. The molecule has 0 saturated heterocycles. The fourth-order valence-electron chi connectivity index (χ4n) is 1.56. The van der Waals surface area contributed by atoms with Crippen LogP contribution < -0.4 is 5.73 Å². The molecule has 0 spiro atoms. The number of rotatable bonds is 3. The Balaban J connectivity index is 2.46. The van der Waals surface area contributed by atoms with Gasteiger partial charge in [-0.15, -0.1) is 0 Å². The molecule has 104 valence electrons. The molecule has 3 N–H and O–H groups in total. The Morgan fingerprint density at radius 1 is 1.20 bits per heavy atom. The summed E-state index contributed by atoms with van der Waals surface area (Å²) in [6.07, 6.45) is 0. The molecular formula is C13H9ClF2N2OS. The molecule has 0 aliphatic carbocycles. The van der Waals surface area contributed by atoms with E-state index in [-0.39, 0.29) is 15.8 Å². The van der Waals surface area contributed by atoms with Gasteiger partial charge in [-0.2, -0.15) is 0 Å². The normalized spacial score (nSPS) is 11.7. The summed E-state index contributed by atoms with van der Waals surface area (Å²) in [5.74, 6) is -1.53. The predicted molar refractivity (Wildman–Crippen MR) is 74.4 cm³/mol. The Morgan fingerprint density at radius 2 is 1.95 bits per heavy atom. The zero-order valence-corrected chi connectivity index (χ0v) is 11.6. The van der Waals surface area contributed by atoms with Gasteiger partial charge in [0.2, 0.25) is 0 Å². The topological polar surface area (TPSA) is 58.6 Å². The predicted octanol–water partition coefficient (Wildman–Crippen LogP) is 3.86. The van der Waals surface area contributed by atoms with E-state index in [4.69, 9.17) is 22.5 Å². The number of hydrogen-bond acceptors (Lipinski definition) is 3. The molecule has 2 rings (SSSR count). The third-order valence-electron chi connectivity index (χ3n) is 2.45. The molecule has 0 saturated carbocycles. The number of nitrogens with zero attached hydrogens (tertiary/aromatic N) is 1. The van der Waals surface area contributed by atoms with Crippen molar-refractivity contribution < 1.29 is 14.0 Å². The van der Waals surface area contributed by atoms with Crippen molar-refractivity contribution in [1.29, 1.82) is 0 Å². The van der Waals surface area contributed by atoms with Gasteiger partial charge in [-0.3, -0.25) is 0 Å². The maximum Gasteiger partial charge on any atom is 0.172 e. The van der Waals surface area contributed by atoms with Crippen molar-refractivity contribution in [1.82, 2.24) is 0 Å². The number of benzene rings is 2. The van der Waals surface area contributed by atoms with E-state index in [9.17, 15) is 8.78 Å². The highest BCUT2D eigenvalue weighted by Crippen LogP contribution is 2.35. The molecule has 0 heterocycles. The zero-order chi connectivity index (χ0) is 14.7. The van der Waals surface area contributed by atoms with Crippen LogP contribution in [0.15, 0.2) is 51.3 Å². The van der Waals surface area contributed by atoms with Crippen LogP contribution in [0.5, 0.6) is 0 Å². The standard InChI is InChI=1S/C13H9ClF2N2OS/c14-8-2-1-3-11(12(8)13(17)18-19)20-10-5-4-7(15)6-9(10)16/h1-6,19H,(H2,17,18). The van der Waals surface area contributed by atoms with Crippen LogP contribution in [0.25, 0.3) is 0 Å². The Bertz CT molecular complexity index is 679. The number of halogens is 3. The van der Waals surface area contributed by atoms with Crippen molar-refractivity contribution in [2.75, 3.05) is 0 Å². The average molecular weight is 315 g/mol. The van der Waals surface area contributed by atoms with E-state index in [2.05, 4.69) is 5.16 Å². The number of amidine groups is 1. The van der Waals surface area contributed by atoms with Gasteiger partial charge in [-0.25, -0.2) is 8.78 Å². The lowest BCUT2D eigenvalue weighted by atomic mass is 10.2. The van der Waals surface area contributed by atoms with Gasteiger partial charge in [-0.05, 0) is 24.3 Å². The molecule has 0 unspecified atom stereocenters. The largest absolute Gasteiger partial charge is 0.409 e. The summed E-state index contributed by atoms with van der Waals surface area (Å²) in [6.45, 7) is 0. The van der Waals surface area contributed by atoms with Crippen molar-refractivity contribution >= 4 is 29.2 Å². The maximum absolute atomic E-state index is 13.6. The van der Waals surface area contributed by atoms with E-state index < -0.39 is 11.6 Å². The third kappa shape index (κ3) is 3.02. The van der Waals surface area contributed by atoms with Crippen LogP contribution in [-0.4, -0.2) is 11.0 Å². The lowest BCUT2D eigenvalue weighted by molar-refractivity contribution is 0.318. The van der Waals surface area contributed by atoms with E-state index >= 15 is 0 Å². The molecular weight excluding hydrogens is 306 g/mol. The van der Waals surface area contributed by atoms with Crippen LogP contribution in [0.3, 0.4) is 0 Å². The number of hydrogen-bond donors (Lipinski definition) is 2. The van der Waals surface area contributed by atoms with Crippen molar-refractivity contribution in [2.45, 2.75) is 9.79 Å². The molecule has 0 atom stereocenters. The lowest BCUT2D eigenvalue weighted by Gasteiger charge is -2.10. The smallest absolute Gasteiger partial charge is 0.172 e. The molecule has 0 aliphatic heterocycles. The molecule has 7 heteroatoms. The molecule has 20 heavy (non-hydrogen) atoms. The Hall–Kier alpha value is -1.79. The van der Waals surface area contributed by atoms with Crippen LogP contribution in [0.2, 0.25) is 5.02 Å². The fourth-order valence-corrected chi connectivity index (χ4v) is 2.88. The summed E-state index contributed by atoms with van der Waals surface area (Å²) in [5, 5.41) is 11.9. The Labute approximate surface area is 123 Å². The highest BCUT2D eigenvalue weighted by atomic mass is 35.5. The summed E-state index contributed by atoms with van der Waals surface area (Å²) < 4.78 is 26.5. The van der Waals surface area contributed by atoms with Gasteiger partial charge < -0.3 is 10.9 Å². The fraction of sp³-hybridized carbons (Fsp3) is 0. The first-order valence-corrected chi connectivity index (χ1v) is 6.61. The first-order chi connectivity index (χ1) is 9.52. The minimum Gasteiger partial charge on any atom is -0.409 e. The lowest BCUT2D eigenvalue weighted by Crippen LogP contribution is -2.14. The molecule has 0 fully saturated rings. The molecule has 0 aromatic heterocycles. The summed E-state index contributed by atoms with van der Waals surface area (Å²) >= 11 is 7.00. The van der Waals surface area contributed by atoms with Crippen LogP contribution >= 0.6 is 23.4 Å². The highest BCUT2D eigenvalue weighted by molar-refractivity contribution is 7.99. The number of oxime groups is 1. The summed E-state index contributed by atoms with van der Waals surface area (Å²) in [4.78, 5) is 0.707. The van der Waals surface area contributed by atoms with Crippen LogP contribution in [-0.2, 0) is 0 Å². The minimum absolute atomic E-state index is 0.180. The van der Waals surface area contributed by atoms with E-state index in [1.54, 1.807) is 18.2 Å². The van der Waals surface area contributed by atoms with Crippen LogP contribution in [0.4, 0.5) is 8.78 Å². The molecule has 0 aliphatic rings. The monoisotopic (exact) mass is 314 g/mol. The van der Waals surface area contributed by atoms with E-state index in [1.807, 2.05) is 0 Å². The first kappa shape index (κ1) is 14.6. The van der Waals surface area contributed by atoms with Gasteiger partial charge >= 0.3 is 0 Å². The Morgan fingerprint density at radius 3 is 2.60 bits per heavy atom. The van der Waals surface area contributed by atoms with Gasteiger partial charge in [0.15, 0.2) is 5.84 Å². The van der Waals surface area contributed by atoms with Crippen molar-refractivity contribution in [3.8, 4) is 0 Å². The van der Waals surface area contributed by atoms with Gasteiger partial charge in [0.05, 0.1) is 10.6 Å². The molecule has 2 aromatic rings. The minimum atomic E-state index is -0.694. The second kappa shape index (κ2) is 6.11. The van der Waals surface area contributed by atoms with Gasteiger partial charge in [-0.1, -0.05) is 34.6 Å². The SMILES string of the molecule is NC(=NO)c1c(Cl)cccc1Sc1ccc(F)cc1F.